The second-order valence-electron chi connectivity index (χ2n) is 5.44. The molecule has 0 bridgehead atoms. The Morgan fingerprint density at radius 2 is 2.00 bits per heavy atom. The number of nitrogens with zero attached hydrogens (tertiary/aromatic N) is 2. The first-order valence-corrected chi connectivity index (χ1v) is 6.82. The van der Waals surface area contributed by atoms with Gasteiger partial charge in [-0.15, -0.1) is 0 Å². The van der Waals surface area contributed by atoms with Crippen LogP contribution in [0.1, 0.15) is 26.2 Å². The molecule has 0 aromatic rings. The molecule has 0 aromatic carbocycles. The van der Waals surface area contributed by atoms with Crippen LogP contribution in [0.4, 0.5) is 0 Å². The molecule has 0 unspecified atom stereocenters. The van der Waals surface area contributed by atoms with Gasteiger partial charge in [-0.25, -0.2) is 0 Å². The zero-order valence-corrected chi connectivity index (χ0v) is 11.9. The number of likely N-dealkylation sites (tertiary alicyclic amines) is 1. The predicted molar refractivity (Wildman–Crippen MR) is 72.5 cm³/mol. The molecule has 1 saturated heterocycles. The van der Waals surface area contributed by atoms with Gasteiger partial charge >= 0.3 is 0 Å². The van der Waals surface area contributed by atoms with E-state index in [0.717, 1.165) is 13.1 Å². The minimum atomic E-state index is -0.642. The number of likely N-dealkylation sites (N-methyl/N-ethyl adjacent to an activating group) is 1. The molecule has 1 aliphatic rings. The van der Waals surface area contributed by atoms with Gasteiger partial charge in [0.05, 0.1) is 5.60 Å². The van der Waals surface area contributed by atoms with E-state index < -0.39 is 5.60 Å². The van der Waals surface area contributed by atoms with Gasteiger partial charge in [-0.2, -0.15) is 0 Å². The highest BCUT2D eigenvalue weighted by molar-refractivity contribution is 5.75. The Morgan fingerprint density at radius 1 is 1.39 bits per heavy atom. The molecule has 0 spiro atoms. The second-order valence-corrected chi connectivity index (χ2v) is 5.44. The molecule has 1 heterocycles. The van der Waals surface area contributed by atoms with Crippen LogP contribution in [0.2, 0.25) is 0 Å². The molecule has 2 N–H and O–H groups in total. The first kappa shape index (κ1) is 15.4. The fourth-order valence-electron chi connectivity index (χ4n) is 2.20. The van der Waals surface area contributed by atoms with Crippen LogP contribution in [0, 0.1) is 0 Å². The van der Waals surface area contributed by atoms with Gasteiger partial charge in [-0.1, -0.05) is 6.92 Å². The summed E-state index contributed by atoms with van der Waals surface area (Å²) in [5, 5.41) is 13.7. The third-order valence-electron chi connectivity index (χ3n) is 3.54. The van der Waals surface area contributed by atoms with Gasteiger partial charge in [0.1, 0.15) is 0 Å². The second kappa shape index (κ2) is 7.07. The average Bonchev–Trinajstić information content (AvgIpc) is 2.34. The molecule has 18 heavy (non-hydrogen) atoms. The van der Waals surface area contributed by atoms with Gasteiger partial charge in [-0.3, -0.25) is 4.79 Å². The van der Waals surface area contributed by atoms with Gasteiger partial charge in [-0.05, 0) is 26.9 Å². The Labute approximate surface area is 110 Å². The van der Waals surface area contributed by atoms with E-state index >= 15 is 0 Å². The molecule has 5 nitrogen and oxygen atoms in total. The molecule has 0 aromatic heterocycles. The van der Waals surface area contributed by atoms with Crippen LogP contribution in [0.3, 0.4) is 0 Å². The van der Waals surface area contributed by atoms with Gasteiger partial charge in [0, 0.05) is 39.1 Å². The van der Waals surface area contributed by atoms with E-state index in [1.54, 1.807) is 0 Å². The van der Waals surface area contributed by atoms with Crippen LogP contribution >= 0.6 is 0 Å². The lowest BCUT2D eigenvalue weighted by atomic mass is 9.91. The number of carbonyl (C=O) groups is 1. The van der Waals surface area contributed by atoms with Crippen molar-refractivity contribution in [3.63, 3.8) is 0 Å². The molecule has 1 amide bonds. The maximum atomic E-state index is 11.5. The van der Waals surface area contributed by atoms with E-state index in [1.807, 2.05) is 25.9 Å². The molecule has 0 aliphatic carbocycles. The number of hydrogen-bond acceptors (Lipinski definition) is 4. The maximum Gasteiger partial charge on any atom is 0.222 e. The third-order valence-corrected chi connectivity index (χ3v) is 3.54. The molecular formula is C13H27N3O2. The molecule has 1 aliphatic heterocycles. The molecular weight excluding hydrogens is 230 g/mol. The van der Waals surface area contributed by atoms with Crippen molar-refractivity contribution in [3.8, 4) is 0 Å². The SMILES string of the molecule is CCC(=O)N1CCC(O)(CNCCN(C)C)CC1. The highest BCUT2D eigenvalue weighted by Gasteiger charge is 2.32. The lowest BCUT2D eigenvalue weighted by Gasteiger charge is -2.38. The van der Waals surface area contributed by atoms with E-state index in [1.165, 1.54) is 0 Å². The topological polar surface area (TPSA) is 55.8 Å². The Bertz CT molecular complexity index is 261. The first-order valence-electron chi connectivity index (χ1n) is 6.82. The van der Waals surface area contributed by atoms with Crippen molar-refractivity contribution in [2.75, 3.05) is 46.8 Å². The number of amides is 1. The number of rotatable bonds is 6. The summed E-state index contributed by atoms with van der Waals surface area (Å²) in [6.45, 7) is 5.71. The normalized spacial score (nSPS) is 19.3. The highest BCUT2D eigenvalue weighted by atomic mass is 16.3. The zero-order chi connectivity index (χ0) is 13.6. The minimum absolute atomic E-state index is 0.192. The van der Waals surface area contributed by atoms with Crippen molar-refractivity contribution in [1.29, 1.82) is 0 Å². The van der Waals surface area contributed by atoms with E-state index in [0.29, 0.717) is 38.9 Å². The fraction of sp³-hybridized carbons (Fsp3) is 0.923. The van der Waals surface area contributed by atoms with Gasteiger partial charge in [0.25, 0.3) is 0 Å². The molecule has 5 heteroatoms. The number of hydrogen-bond donors (Lipinski definition) is 2. The van der Waals surface area contributed by atoms with Gasteiger partial charge < -0.3 is 20.2 Å². The predicted octanol–water partition coefficient (Wildman–Crippen LogP) is -0.0989. The van der Waals surface area contributed by atoms with Gasteiger partial charge in [0.2, 0.25) is 5.91 Å². The van der Waals surface area contributed by atoms with Crippen molar-refractivity contribution >= 4 is 5.91 Å². The Morgan fingerprint density at radius 3 is 2.50 bits per heavy atom. The third kappa shape index (κ3) is 4.92. The van der Waals surface area contributed by atoms with Crippen molar-refractivity contribution in [2.45, 2.75) is 31.8 Å². The molecule has 1 fully saturated rings. The van der Waals surface area contributed by atoms with E-state index in [2.05, 4.69) is 10.2 Å². The largest absolute Gasteiger partial charge is 0.388 e. The molecule has 0 atom stereocenters. The summed E-state index contributed by atoms with van der Waals surface area (Å²) in [5.41, 5.74) is -0.642. The van der Waals surface area contributed by atoms with Crippen LogP contribution in [0.5, 0.6) is 0 Å². The summed E-state index contributed by atoms with van der Waals surface area (Å²) in [5.74, 6) is 0.192. The smallest absolute Gasteiger partial charge is 0.222 e. The van der Waals surface area contributed by atoms with Crippen LogP contribution < -0.4 is 5.32 Å². The lowest BCUT2D eigenvalue weighted by molar-refractivity contribution is -0.134. The van der Waals surface area contributed by atoms with Crippen LogP contribution in [0.25, 0.3) is 0 Å². The van der Waals surface area contributed by atoms with E-state index in [-0.39, 0.29) is 5.91 Å². The van der Waals surface area contributed by atoms with Crippen molar-refractivity contribution in [2.24, 2.45) is 0 Å². The summed E-state index contributed by atoms with van der Waals surface area (Å²) < 4.78 is 0. The Hall–Kier alpha value is -0.650. The molecule has 1 rings (SSSR count). The lowest BCUT2D eigenvalue weighted by Crippen LogP contribution is -2.51. The van der Waals surface area contributed by atoms with Crippen molar-refractivity contribution in [3.05, 3.63) is 0 Å². The Kier molecular flexibility index (Phi) is 6.05. The Balaban J connectivity index is 2.24. The summed E-state index contributed by atoms with van der Waals surface area (Å²) in [7, 11) is 4.07. The quantitative estimate of drug-likeness (QED) is 0.653. The fourth-order valence-corrected chi connectivity index (χ4v) is 2.20. The number of carbonyl (C=O) groups excluding carboxylic acids is 1. The summed E-state index contributed by atoms with van der Waals surface area (Å²) in [6, 6.07) is 0. The molecule has 0 saturated carbocycles. The van der Waals surface area contributed by atoms with Crippen LogP contribution in [0.15, 0.2) is 0 Å². The molecule has 106 valence electrons. The first-order chi connectivity index (χ1) is 8.47. The van der Waals surface area contributed by atoms with Gasteiger partial charge in [0.15, 0.2) is 0 Å². The monoisotopic (exact) mass is 257 g/mol. The van der Waals surface area contributed by atoms with Crippen molar-refractivity contribution in [1.82, 2.24) is 15.1 Å². The van der Waals surface area contributed by atoms with Crippen molar-refractivity contribution < 1.29 is 9.90 Å². The maximum absolute atomic E-state index is 11.5. The summed E-state index contributed by atoms with van der Waals surface area (Å²) >= 11 is 0. The zero-order valence-electron chi connectivity index (χ0n) is 11.9. The number of nitrogens with one attached hydrogen (secondary N) is 1. The summed E-state index contributed by atoms with van der Waals surface area (Å²) in [6.07, 6.45) is 1.90. The number of piperidine rings is 1. The minimum Gasteiger partial charge on any atom is -0.388 e. The van der Waals surface area contributed by atoms with E-state index in [4.69, 9.17) is 0 Å². The van der Waals surface area contributed by atoms with Crippen LogP contribution in [-0.4, -0.2) is 73.2 Å². The summed E-state index contributed by atoms with van der Waals surface area (Å²) in [4.78, 5) is 15.5. The van der Waals surface area contributed by atoms with Crippen LogP contribution in [-0.2, 0) is 4.79 Å². The molecule has 0 radical (unpaired) electrons. The number of aliphatic hydroxyl groups is 1. The average molecular weight is 257 g/mol. The highest BCUT2D eigenvalue weighted by Crippen LogP contribution is 2.21. The van der Waals surface area contributed by atoms with E-state index in [9.17, 15) is 9.90 Å². The standard InChI is InChI=1S/C13H27N3O2/c1-4-12(17)16-8-5-13(18,6-9-16)11-14-7-10-15(2)3/h14,18H,4-11H2,1-3H3.